The van der Waals surface area contributed by atoms with Crippen LogP contribution in [0.1, 0.15) is 30.4 Å². The van der Waals surface area contributed by atoms with Crippen molar-refractivity contribution in [2.45, 2.75) is 32.2 Å². The molecule has 1 aliphatic heterocycles. The zero-order valence-electron chi connectivity index (χ0n) is 12.2. The quantitative estimate of drug-likeness (QED) is 0.777. The predicted octanol–water partition coefficient (Wildman–Crippen LogP) is 1.72. The predicted molar refractivity (Wildman–Crippen MR) is 80.2 cm³/mol. The van der Waals surface area contributed by atoms with Crippen molar-refractivity contribution < 1.29 is 17.9 Å². The summed E-state index contributed by atoms with van der Waals surface area (Å²) in [4.78, 5) is 11.1. The van der Waals surface area contributed by atoms with Crippen LogP contribution in [0.4, 0.5) is 0 Å². The third-order valence-electron chi connectivity index (χ3n) is 3.72. The Hall–Kier alpha value is -1.40. The fourth-order valence-corrected chi connectivity index (χ4v) is 4.05. The third-order valence-corrected chi connectivity index (χ3v) is 5.63. The van der Waals surface area contributed by atoms with E-state index in [-0.39, 0.29) is 18.1 Å². The zero-order valence-corrected chi connectivity index (χ0v) is 13.1. The lowest BCUT2D eigenvalue weighted by Gasteiger charge is -2.20. The molecule has 0 amide bonds. The van der Waals surface area contributed by atoms with E-state index in [0.717, 1.165) is 18.4 Å². The molecule has 0 aliphatic carbocycles. The number of aryl methyl sites for hydroxylation is 1. The molecule has 0 spiro atoms. The summed E-state index contributed by atoms with van der Waals surface area (Å²) >= 11 is 0. The van der Waals surface area contributed by atoms with Gasteiger partial charge in [0.25, 0.3) is 0 Å². The first-order chi connectivity index (χ1) is 10.0. The van der Waals surface area contributed by atoms with Crippen molar-refractivity contribution in [3.8, 4) is 0 Å². The Morgan fingerprint density at radius 2 is 2.00 bits per heavy atom. The average Bonchev–Trinajstić information content (AvgIpc) is 2.69. The van der Waals surface area contributed by atoms with Crippen LogP contribution in [0.3, 0.4) is 0 Å². The minimum absolute atomic E-state index is 0.00966. The second-order valence-corrected chi connectivity index (χ2v) is 7.29. The highest BCUT2D eigenvalue weighted by Gasteiger charge is 2.24. The Bertz CT molecular complexity index is 597. The van der Waals surface area contributed by atoms with Crippen LogP contribution in [-0.2, 0) is 32.5 Å². The Labute approximate surface area is 126 Å². The van der Waals surface area contributed by atoms with E-state index in [9.17, 15) is 13.2 Å². The summed E-state index contributed by atoms with van der Waals surface area (Å²) in [7, 11) is -2.02. The number of carbonyl (C=O) groups excluding carboxylic acids is 1. The normalized spacial score (nSPS) is 16.0. The second kappa shape index (κ2) is 7.04. The lowest BCUT2D eigenvalue weighted by molar-refractivity contribution is -0.140. The van der Waals surface area contributed by atoms with E-state index in [2.05, 4.69) is 10.8 Å². The van der Waals surface area contributed by atoms with Gasteiger partial charge in [0, 0.05) is 19.5 Å². The van der Waals surface area contributed by atoms with Gasteiger partial charge in [0.1, 0.15) is 0 Å². The van der Waals surface area contributed by atoms with Crippen molar-refractivity contribution in [2.75, 3.05) is 19.4 Å². The van der Waals surface area contributed by atoms with Crippen LogP contribution in [-0.4, -0.2) is 38.1 Å². The van der Waals surface area contributed by atoms with Gasteiger partial charge in [0.05, 0.1) is 12.9 Å². The summed E-state index contributed by atoms with van der Waals surface area (Å²) in [6, 6.07) is 7.96. The first-order valence-corrected chi connectivity index (χ1v) is 8.75. The number of esters is 1. The van der Waals surface area contributed by atoms with E-state index in [0.29, 0.717) is 19.5 Å². The fourth-order valence-electron chi connectivity index (χ4n) is 2.54. The van der Waals surface area contributed by atoms with E-state index >= 15 is 0 Å². The van der Waals surface area contributed by atoms with Gasteiger partial charge in [-0.2, -0.15) is 4.31 Å². The molecular formula is C15H21NO4S. The van der Waals surface area contributed by atoms with Crippen LogP contribution < -0.4 is 0 Å². The summed E-state index contributed by atoms with van der Waals surface area (Å²) in [6.45, 7) is 0.964. The van der Waals surface area contributed by atoms with Crippen molar-refractivity contribution in [3.05, 3.63) is 35.4 Å². The maximum Gasteiger partial charge on any atom is 0.305 e. The Balaban J connectivity index is 2.02. The molecule has 2 rings (SSSR count). The minimum Gasteiger partial charge on any atom is -0.469 e. The largest absolute Gasteiger partial charge is 0.469 e. The molecule has 116 valence electrons. The first-order valence-electron chi connectivity index (χ1n) is 7.14. The van der Waals surface area contributed by atoms with Crippen molar-refractivity contribution in [3.63, 3.8) is 0 Å². The minimum atomic E-state index is -3.33. The Kier molecular flexibility index (Phi) is 5.36. The molecule has 6 heteroatoms. The number of nitrogens with zero attached hydrogens (tertiary/aromatic N) is 1. The molecule has 0 N–H and O–H groups in total. The van der Waals surface area contributed by atoms with Crippen molar-refractivity contribution in [2.24, 2.45) is 0 Å². The SMILES string of the molecule is COC(=O)CCCS(=O)(=O)N1CCCc2ccccc2C1. The number of hydrogen-bond acceptors (Lipinski definition) is 4. The number of carbonyl (C=O) groups is 1. The van der Waals surface area contributed by atoms with Gasteiger partial charge >= 0.3 is 5.97 Å². The number of rotatable bonds is 5. The van der Waals surface area contributed by atoms with Gasteiger partial charge in [-0.05, 0) is 30.4 Å². The molecule has 0 saturated carbocycles. The molecule has 0 atom stereocenters. The monoisotopic (exact) mass is 311 g/mol. The lowest BCUT2D eigenvalue weighted by atomic mass is 10.0. The summed E-state index contributed by atoms with van der Waals surface area (Å²) in [5.74, 6) is -0.379. The molecular weight excluding hydrogens is 290 g/mol. The lowest BCUT2D eigenvalue weighted by Crippen LogP contribution is -2.33. The van der Waals surface area contributed by atoms with E-state index in [1.165, 1.54) is 17.0 Å². The molecule has 0 saturated heterocycles. The fraction of sp³-hybridized carbons (Fsp3) is 0.533. The molecule has 1 heterocycles. The number of hydrogen-bond donors (Lipinski definition) is 0. The molecule has 1 aromatic carbocycles. The molecule has 0 fully saturated rings. The van der Waals surface area contributed by atoms with Crippen LogP contribution in [0, 0.1) is 0 Å². The Morgan fingerprint density at radius 1 is 1.29 bits per heavy atom. The van der Waals surface area contributed by atoms with Crippen LogP contribution in [0.5, 0.6) is 0 Å². The van der Waals surface area contributed by atoms with Gasteiger partial charge in [0.2, 0.25) is 10.0 Å². The smallest absolute Gasteiger partial charge is 0.305 e. The van der Waals surface area contributed by atoms with E-state index in [1.807, 2.05) is 18.2 Å². The van der Waals surface area contributed by atoms with Crippen LogP contribution in [0.25, 0.3) is 0 Å². The number of ether oxygens (including phenoxy) is 1. The molecule has 1 aromatic rings. The molecule has 0 aromatic heterocycles. The van der Waals surface area contributed by atoms with Gasteiger partial charge in [-0.3, -0.25) is 4.79 Å². The van der Waals surface area contributed by atoms with Crippen molar-refractivity contribution in [1.29, 1.82) is 0 Å². The molecule has 21 heavy (non-hydrogen) atoms. The number of methoxy groups -OCH3 is 1. The van der Waals surface area contributed by atoms with Crippen LogP contribution in [0.2, 0.25) is 0 Å². The van der Waals surface area contributed by atoms with Crippen LogP contribution in [0.15, 0.2) is 24.3 Å². The second-order valence-electron chi connectivity index (χ2n) is 5.20. The maximum atomic E-state index is 12.4. The van der Waals surface area contributed by atoms with E-state index < -0.39 is 10.0 Å². The van der Waals surface area contributed by atoms with Gasteiger partial charge in [-0.15, -0.1) is 0 Å². The summed E-state index contributed by atoms with van der Waals surface area (Å²) in [5.41, 5.74) is 2.30. The van der Waals surface area contributed by atoms with Crippen LogP contribution >= 0.6 is 0 Å². The highest BCUT2D eigenvalue weighted by atomic mass is 32.2. The topological polar surface area (TPSA) is 63.7 Å². The van der Waals surface area contributed by atoms with Crippen molar-refractivity contribution >= 4 is 16.0 Å². The summed E-state index contributed by atoms with van der Waals surface area (Å²) in [6.07, 6.45) is 2.17. The van der Waals surface area contributed by atoms with E-state index in [1.54, 1.807) is 0 Å². The summed E-state index contributed by atoms with van der Waals surface area (Å²) < 4.78 is 30.9. The average molecular weight is 311 g/mol. The highest BCUT2D eigenvalue weighted by Crippen LogP contribution is 2.21. The van der Waals surface area contributed by atoms with Gasteiger partial charge in [-0.1, -0.05) is 24.3 Å². The van der Waals surface area contributed by atoms with Gasteiger partial charge < -0.3 is 4.74 Å². The maximum absolute atomic E-state index is 12.4. The van der Waals surface area contributed by atoms with Gasteiger partial charge in [0.15, 0.2) is 0 Å². The molecule has 0 unspecified atom stereocenters. The first kappa shape index (κ1) is 16.0. The number of sulfonamides is 1. The molecule has 0 radical (unpaired) electrons. The molecule has 5 nitrogen and oxygen atoms in total. The third kappa shape index (κ3) is 4.28. The van der Waals surface area contributed by atoms with Crippen molar-refractivity contribution in [1.82, 2.24) is 4.31 Å². The molecule has 1 aliphatic rings. The number of fused-ring (bicyclic) bond motifs is 1. The van der Waals surface area contributed by atoms with E-state index in [4.69, 9.17) is 0 Å². The zero-order chi connectivity index (χ0) is 15.3. The van der Waals surface area contributed by atoms with Gasteiger partial charge in [-0.25, -0.2) is 8.42 Å². The Morgan fingerprint density at radius 3 is 2.71 bits per heavy atom. The highest BCUT2D eigenvalue weighted by molar-refractivity contribution is 7.89. The molecule has 0 bridgehead atoms. The number of benzene rings is 1. The standard InChI is InChI=1S/C15H21NO4S/c1-20-15(17)9-5-11-21(18,19)16-10-4-8-13-6-2-3-7-14(13)12-16/h2-3,6-7H,4-5,8-12H2,1H3. The summed E-state index contributed by atoms with van der Waals surface area (Å²) in [5, 5.41) is 0.